The standard InChI is InChI=1S/C21H19N3/c1-3-14(4-1)11-17-7-8-18-19(13-23-21(18)24-17)15-6-9-20-16(12-15)5-2-10-22-20/h2,5-10,12-14H,1,3-4,11H2,(H,23,24). The fourth-order valence-electron chi connectivity index (χ4n) is 3.63. The van der Waals surface area contributed by atoms with Gasteiger partial charge in [0.15, 0.2) is 0 Å². The Morgan fingerprint density at radius 2 is 2.04 bits per heavy atom. The second kappa shape index (κ2) is 5.45. The molecule has 4 aromatic rings. The number of nitrogens with zero attached hydrogens (tertiary/aromatic N) is 2. The summed E-state index contributed by atoms with van der Waals surface area (Å²) in [5, 5.41) is 2.36. The van der Waals surface area contributed by atoms with E-state index in [2.05, 4.69) is 52.6 Å². The van der Waals surface area contributed by atoms with Crippen molar-refractivity contribution in [1.29, 1.82) is 0 Å². The zero-order valence-corrected chi connectivity index (χ0v) is 13.5. The quantitative estimate of drug-likeness (QED) is 0.570. The lowest BCUT2D eigenvalue weighted by Gasteiger charge is -2.24. The molecule has 0 saturated heterocycles. The summed E-state index contributed by atoms with van der Waals surface area (Å²) in [5.41, 5.74) is 5.65. The summed E-state index contributed by atoms with van der Waals surface area (Å²) >= 11 is 0. The van der Waals surface area contributed by atoms with Crippen LogP contribution in [0, 0.1) is 5.92 Å². The summed E-state index contributed by atoms with van der Waals surface area (Å²) in [4.78, 5) is 12.6. The Morgan fingerprint density at radius 1 is 1.08 bits per heavy atom. The number of benzene rings is 1. The zero-order chi connectivity index (χ0) is 15.9. The second-order valence-corrected chi connectivity index (χ2v) is 6.81. The van der Waals surface area contributed by atoms with Gasteiger partial charge in [0.1, 0.15) is 5.65 Å². The van der Waals surface area contributed by atoms with E-state index in [1.165, 1.54) is 46.9 Å². The molecule has 0 spiro atoms. The van der Waals surface area contributed by atoms with Gasteiger partial charge >= 0.3 is 0 Å². The van der Waals surface area contributed by atoms with E-state index in [1.807, 2.05) is 12.3 Å². The van der Waals surface area contributed by atoms with Gasteiger partial charge in [0.25, 0.3) is 0 Å². The van der Waals surface area contributed by atoms with Crippen LogP contribution in [0.2, 0.25) is 0 Å². The Balaban J connectivity index is 1.55. The molecule has 1 aliphatic carbocycles. The van der Waals surface area contributed by atoms with Crippen molar-refractivity contribution in [2.75, 3.05) is 0 Å². The Morgan fingerprint density at radius 3 is 2.92 bits per heavy atom. The molecule has 24 heavy (non-hydrogen) atoms. The van der Waals surface area contributed by atoms with Crippen molar-refractivity contribution in [3.05, 3.63) is 60.6 Å². The maximum Gasteiger partial charge on any atom is 0.138 e. The lowest BCUT2D eigenvalue weighted by molar-refractivity contribution is 0.312. The maximum absolute atomic E-state index is 4.84. The monoisotopic (exact) mass is 313 g/mol. The summed E-state index contributed by atoms with van der Waals surface area (Å²) in [5.74, 6) is 0.845. The van der Waals surface area contributed by atoms with E-state index >= 15 is 0 Å². The zero-order valence-electron chi connectivity index (χ0n) is 13.5. The average molecular weight is 313 g/mol. The number of hydrogen-bond donors (Lipinski definition) is 1. The third kappa shape index (κ3) is 2.28. The summed E-state index contributed by atoms with van der Waals surface area (Å²) in [7, 11) is 0. The molecular formula is C21H19N3. The molecule has 3 heteroatoms. The second-order valence-electron chi connectivity index (χ2n) is 6.81. The van der Waals surface area contributed by atoms with Crippen molar-refractivity contribution in [3.63, 3.8) is 0 Å². The van der Waals surface area contributed by atoms with Crippen molar-refractivity contribution in [2.24, 2.45) is 5.92 Å². The molecule has 1 aliphatic rings. The predicted octanol–water partition coefficient (Wildman–Crippen LogP) is 5.12. The van der Waals surface area contributed by atoms with Crippen LogP contribution in [0.15, 0.2) is 54.9 Å². The number of H-pyrrole nitrogens is 1. The normalized spacial score (nSPS) is 15.0. The van der Waals surface area contributed by atoms with Crippen molar-refractivity contribution in [2.45, 2.75) is 25.7 Å². The Kier molecular flexibility index (Phi) is 3.12. The maximum atomic E-state index is 4.84. The molecule has 3 aromatic heterocycles. The molecule has 0 aliphatic heterocycles. The highest BCUT2D eigenvalue weighted by Crippen LogP contribution is 2.32. The van der Waals surface area contributed by atoms with Crippen molar-refractivity contribution in [1.82, 2.24) is 15.0 Å². The minimum absolute atomic E-state index is 0.845. The van der Waals surface area contributed by atoms with Gasteiger partial charge in [-0.1, -0.05) is 31.4 Å². The van der Waals surface area contributed by atoms with Crippen LogP contribution in [0.3, 0.4) is 0 Å². The molecule has 0 radical (unpaired) electrons. The fourth-order valence-corrected chi connectivity index (χ4v) is 3.63. The van der Waals surface area contributed by atoms with Gasteiger partial charge in [-0.05, 0) is 48.2 Å². The molecule has 0 atom stereocenters. The van der Waals surface area contributed by atoms with Gasteiger partial charge in [-0.2, -0.15) is 0 Å². The average Bonchev–Trinajstić information content (AvgIpc) is 3.01. The number of hydrogen-bond acceptors (Lipinski definition) is 2. The molecule has 3 heterocycles. The Bertz CT molecular complexity index is 1030. The predicted molar refractivity (Wildman–Crippen MR) is 97.9 cm³/mol. The number of pyridine rings is 2. The first-order chi connectivity index (χ1) is 11.9. The summed E-state index contributed by atoms with van der Waals surface area (Å²) in [6.45, 7) is 0. The highest BCUT2D eigenvalue weighted by Gasteiger charge is 2.18. The highest BCUT2D eigenvalue weighted by molar-refractivity contribution is 5.96. The van der Waals surface area contributed by atoms with E-state index in [-0.39, 0.29) is 0 Å². The lowest BCUT2D eigenvalue weighted by atomic mass is 9.82. The van der Waals surface area contributed by atoms with Crippen LogP contribution in [0.4, 0.5) is 0 Å². The molecule has 0 unspecified atom stereocenters. The number of aromatic amines is 1. The molecule has 118 valence electrons. The van der Waals surface area contributed by atoms with Crippen LogP contribution in [-0.4, -0.2) is 15.0 Å². The van der Waals surface area contributed by atoms with Gasteiger partial charge in [-0.15, -0.1) is 0 Å². The minimum Gasteiger partial charge on any atom is -0.346 e. The van der Waals surface area contributed by atoms with Crippen LogP contribution in [0.5, 0.6) is 0 Å². The first kappa shape index (κ1) is 13.7. The number of rotatable bonds is 3. The third-order valence-electron chi connectivity index (χ3n) is 5.23. The SMILES string of the molecule is c1cnc2ccc(-c3c[nH]c4nc(CC5CCC5)ccc34)cc2c1. The first-order valence-electron chi connectivity index (χ1n) is 8.69. The summed E-state index contributed by atoms with van der Waals surface area (Å²) < 4.78 is 0. The number of fused-ring (bicyclic) bond motifs is 2. The van der Waals surface area contributed by atoms with E-state index in [4.69, 9.17) is 4.98 Å². The molecule has 3 nitrogen and oxygen atoms in total. The first-order valence-corrected chi connectivity index (χ1v) is 8.69. The van der Waals surface area contributed by atoms with E-state index < -0.39 is 0 Å². The molecule has 0 bridgehead atoms. The Labute approximate surface area is 140 Å². The number of aromatic nitrogens is 3. The van der Waals surface area contributed by atoms with Gasteiger partial charge in [0, 0.05) is 34.4 Å². The van der Waals surface area contributed by atoms with E-state index in [0.29, 0.717) is 0 Å². The van der Waals surface area contributed by atoms with Crippen molar-refractivity contribution in [3.8, 4) is 11.1 Å². The number of nitrogens with one attached hydrogen (secondary N) is 1. The van der Waals surface area contributed by atoms with Crippen LogP contribution in [0.1, 0.15) is 25.0 Å². The molecular weight excluding hydrogens is 294 g/mol. The topological polar surface area (TPSA) is 41.6 Å². The van der Waals surface area contributed by atoms with Crippen LogP contribution in [-0.2, 0) is 6.42 Å². The fraction of sp³-hybridized carbons (Fsp3) is 0.238. The van der Waals surface area contributed by atoms with Gasteiger partial charge in [0.2, 0.25) is 0 Å². The minimum atomic E-state index is 0.845. The lowest BCUT2D eigenvalue weighted by Crippen LogP contribution is -2.14. The summed E-state index contributed by atoms with van der Waals surface area (Å²) in [6, 6.07) is 14.9. The van der Waals surface area contributed by atoms with E-state index in [0.717, 1.165) is 23.5 Å². The van der Waals surface area contributed by atoms with Gasteiger partial charge in [0.05, 0.1) is 5.52 Å². The van der Waals surface area contributed by atoms with Crippen LogP contribution >= 0.6 is 0 Å². The molecule has 1 saturated carbocycles. The molecule has 0 amide bonds. The Hall–Kier alpha value is -2.68. The largest absolute Gasteiger partial charge is 0.346 e. The van der Waals surface area contributed by atoms with Crippen molar-refractivity contribution < 1.29 is 0 Å². The molecule has 5 rings (SSSR count). The third-order valence-corrected chi connectivity index (χ3v) is 5.23. The highest BCUT2D eigenvalue weighted by atomic mass is 14.9. The molecule has 1 aromatic carbocycles. The van der Waals surface area contributed by atoms with Crippen molar-refractivity contribution >= 4 is 21.9 Å². The smallest absolute Gasteiger partial charge is 0.138 e. The van der Waals surface area contributed by atoms with E-state index in [1.54, 1.807) is 0 Å². The van der Waals surface area contributed by atoms with Crippen LogP contribution < -0.4 is 0 Å². The molecule has 1 fully saturated rings. The van der Waals surface area contributed by atoms with Gasteiger partial charge in [-0.3, -0.25) is 4.98 Å². The summed E-state index contributed by atoms with van der Waals surface area (Å²) in [6.07, 6.45) is 9.13. The van der Waals surface area contributed by atoms with Gasteiger partial charge < -0.3 is 4.98 Å². The van der Waals surface area contributed by atoms with Gasteiger partial charge in [-0.25, -0.2) is 4.98 Å². The van der Waals surface area contributed by atoms with E-state index in [9.17, 15) is 0 Å². The molecule has 1 N–H and O–H groups in total. The van der Waals surface area contributed by atoms with Crippen LogP contribution in [0.25, 0.3) is 33.1 Å².